The molecule has 0 aromatic heterocycles. The van der Waals surface area contributed by atoms with Gasteiger partial charge in [-0.1, -0.05) is 47.5 Å². The van der Waals surface area contributed by atoms with Gasteiger partial charge in [-0.15, -0.1) is 0 Å². The van der Waals surface area contributed by atoms with Gasteiger partial charge in [-0.2, -0.15) is 0 Å². The van der Waals surface area contributed by atoms with Gasteiger partial charge in [0.25, 0.3) is 0 Å². The first-order valence-corrected chi connectivity index (χ1v) is 8.73. The van der Waals surface area contributed by atoms with Crippen molar-refractivity contribution >= 4 is 53.0 Å². The molecule has 0 fully saturated rings. The zero-order chi connectivity index (χ0) is 19.2. The Kier molecular flexibility index (Phi) is 6.01. The van der Waals surface area contributed by atoms with Crippen molar-refractivity contribution in [2.45, 2.75) is 0 Å². The summed E-state index contributed by atoms with van der Waals surface area (Å²) in [5, 5.41) is 10.6. The third-order valence-corrected chi connectivity index (χ3v) is 4.12. The van der Waals surface area contributed by atoms with E-state index in [0.717, 1.165) is 11.1 Å². The number of aromatic carboxylic acids is 1. The Labute approximate surface area is 166 Å². The summed E-state index contributed by atoms with van der Waals surface area (Å²) in [5.74, 6) is -1.04. The van der Waals surface area contributed by atoms with E-state index in [2.05, 4.69) is 9.98 Å². The first-order valence-electron chi connectivity index (χ1n) is 7.97. The molecule has 0 aliphatic rings. The monoisotopic (exact) mass is 396 g/mol. The number of carbonyl (C=O) groups is 1. The number of hydrogen-bond acceptors (Lipinski definition) is 3. The second kappa shape index (κ2) is 8.62. The molecule has 3 rings (SSSR count). The van der Waals surface area contributed by atoms with Crippen LogP contribution >= 0.6 is 23.2 Å². The zero-order valence-corrected chi connectivity index (χ0v) is 15.5. The van der Waals surface area contributed by atoms with E-state index in [1.54, 1.807) is 42.8 Å². The molecular weight excluding hydrogens is 383 g/mol. The van der Waals surface area contributed by atoms with Gasteiger partial charge >= 0.3 is 5.97 Å². The van der Waals surface area contributed by atoms with Crippen LogP contribution in [0, 0.1) is 0 Å². The van der Waals surface area contributed by atoms with Crippen molar-refractivity contribution < 1.29 is 9.90 Å². The predicted molar refractivity (Wildman–Crippen MR) is 111 cm³/mol. The van der Waals surface area contributed by atoms with Crippen molar-refractivity contribution in [1.82, 2.24) is 0 Å². The van der Waals surface area contributed by atoms with Crippen LogP contribution in [0.4, 0.5) is 11.4 Å². The first kappa shape index (κ1) is 18.8. The van der Waals surface area contributed by atoms with Gasteiger partial charge in [0.1, 0.15) is 0 Å². The van der Waals surface area contributed by atoms with Crippen molar-refractivity contribution in [2.75, 3.05) is 0 Å². The lowest BCUT2D eigenvalue weighted by Crippen LogP contribution is -1.95. The number of carboxylic acids is 1. The second-order valence-electron chi connectivity index (χ2n) is 5.66. The Morgan fingerprint density at radius 3 is 1.52 bits per heavy atom. The number of aliphatic imine (C=N–C) groups is 2. The second-order valence-corrected chi connectivity index (χ2v) is 6.54. The molecule has 1 N–H and O–H groups in total. The summed E-state index contributed by atoms with van der Waals surface area (Å²) in [6.45, 7) is 0. The van der Waals surface area contributed by atoms with E-state index in [0.29, 0.717) is 21.4 Å². The highest BCUT2D eigenvalue weighted by molar-refractivity contribution is 6.30. The molecule has 0 radical (unpaired) electrons. The minimum atomic E-state index is -1.04. The van der Waals surface area contributed by atoms with Crippen LogP contribution in [-0.2, 0) is 0 Å². The molecule has 0 aliphatic heterocycles. The molecular formula is C21H14Cl2N2O2. The minimum absolute atomic E-state index is 0.115. The van der Waals surface area contributed by atoms with Gasteiger partial charge in [0.05, 0.1) is 16.9 Å². The number of benzene rings is 3. The van der Waals surface area contributed by atoms with Gasteiger partial charge in [-0.3, -0.25) is 9.98 Å². The summed E-state index contributed by atoms with van der Waals surface area (Å²) in [6.07, 6.45) is 3.29. The minimum Gasteiger partial charge on any atom is -0.478 e. The molecule has 0 bridgehead atoms. The van der Waals surface area contributed by atoms with Gasteiger partial charge in [0.15, 0.2) is 0 Å². The molecule has 0 amide bonds. The topological polar surface area (TPSA) is 62.0 Å². The molecule has 3 aromatic rings. The summed E-state index contributed by atoms with van der Waals surface area (Å²) in [7, 11) is 0. The molecule has 0 saturated carbocycles. The van der Waals surface area contributed by atoms with Crippen molar-refractivity contribution in [1.29, 1.82) is 0 Å². The Hall–Kier alpha value is -2.95. The van der Waals surface area contributed by atoms with Crippen LogP contribution < -0.4 is 0 Å². The summed E-state index contributed by atoms with van der Waals surface area (Å²) >= 11 is 11.7. The van der Waals surface area contributed by atoms with E-state index >= 15 is 0 Å². The van der Waals surface area contributed by atoms with Crippen LogP contribution in [0.5, 0.6) is 0 Å². The molecule has 0 saturated heterocycles. The van der Waals surface area contributed by atoms with Crippen molar-refractivity contribution in [3.05, 3.63) is 93.5 Å². The molecule has 27 heavy (non-hydrogen) atoms. The average Bonchev–Trinajstić information content (AvgIpc) is 2.67. The van der Waals surface area contributed by atoms with Crippen molar-refractivity contribution in [2.24, 2.45) is 9.98 Å². The quantitative estimate of drug-likeness (QED) is 0.522. The number of carboxylic acid groups (broad SMARTS) is 1. The van der Waals surface area contributed by atoms with Gasteiger partial charge in [-0.25, -0.2) is 4.79 Å². The fraction of sp³-hybridized carbons (Fsp3) is 0. The van der Waals surface area contributed by atoms with Crippen LogP contribution in [0.15, 0.2) is 76.7 Å². The van der Waals surface area contributed by atoms with Crippen molar-refractivity contribution in [3.8, 4) is 0 Å². The molecule has 0 spiro atoms. The molecule has 4 nitrogen and oxygen atoms in total. The third kappa shape index (κ3) is 5.51. The summed E-state index contributed by atoms with van der Waals surface area (Å²) < 4.78 is 0. The standard InChI is InChI=1S/C21H14Cl2N2O2/c22-17-5-1-14(2-6-17)12-24-19-9-16(21(26)27)10-20(11-19)25-13-15-3-7-18(23)8-4-15/h1-13H,(H,26,27). The van der Waals surface area contributed by atoms with Crippen molar-refractivity contribution in [3.63, 3.8) is 0 Å². The van der Waals surface area contributed by atoms with Crippen LogP contribution in [0.3, 0.4) is 0 Å². The summed E-state index contributed by atoms with van der Waals surface area (Å²) in [5.41, 5.74) is 2.81. The van der Waals surface area contributed by atoms with Gasteiger partial charge < -0.3 is 5.11 Å². The Morgan fingerprint density at radius 1 is 0.741 bits per heavy atom. The fourth-order valence-electron chi connectivity index (χ4n) is 2.26. The largest absolute Gasteiger partial charge is 0.478 e. The maximum Gasteiger partial charge on any atom is 0.335 e. The molecule has 0 unspecified atom stereocenters. The number of nitrogens with zero attached hydrogens (tertiary/aromatic N) is 2. The summed E-state index contributed by atoms with van der Waals surface area (Å²) in [4.78, 5) is 20.1. The number of rotatable bonds is 5. The first-order chi connectivity index (χ1) is 13.0. The zero-order valence-electron chi connectivity index (χ0n) is 14.0. The van der Waals surface area contributed by atoms with E-state index < -0.39 is 5.97 Å². The van der Waals surface area contributed by atoms with E-state index in [1.807, 2.05) is 24.3 Å². The van der Waals surface area contributed by atoms with Gasteiger partial charge in [0.2, 0.25) is 0 Å². The molecule has 0 aliphatic carbocycles. The van der Waals surface area contributed by atoms with Crippen LogP contribution in [0.2, 0.25) is 10.0 Å². The lowest BCUT2D eigenvalue weighted by molar-refractivity contribution is 0.0697. The maximum absolute atomic E-state index is 11.4. The van der Waals surface area contributed by atoms with Crippen LogP contribution in [0.1, 0.15) is 21.5 Å². The molecule has 0 heterocycles. The van der Waals surface area contributed by atoms with Crippen LogP contribution in [0.25, 0.3) is 0 Å². The lowest BCUT2D eigenvalue weighted by atomic mass is 10.1. The van der Waals surface area contributed by atoms with E-state index in [4.69, 9.17) is 23.2 Å². The average molecular weight is 397 g/mol. The maximum atomic E-state index is 11.4. The predicted octanol–water partition coefficient (Wildman–Crippen LogP) is 6.19. The highest BCUT2D eigenvalue weighted by Gasteiger charge is 2.06. The lowest BCUT2D eigenvalue weighted by Gasteiger charge is -2.02. The molecule has 6 heteroatoms. The van der Waals surface area contributed by atoms with Gasteiger partial charge in [-0.05, 0) is 53.6 Å². The Balaban J connectivity index is 1.89. The Bertz CT molecular complexity index is 938. The normalized spacial score (nSPS) is 11.3. The molecule has 0 atom stereocenters. The highest BCUT2D eigenvalue weighted by atomic mass is 35.5. The van der Waals surface area contributed by atoms with Gasteiger partial charge in [0, 0.05) is 22.5 Å². The SMILES string of the molecule is O=C(O)c1cc(N=Cc2ccc(Cl)cc2)cc(N=Cc2ccc(Cl)cc2)c1. The van der Waals surface area contributed by atoms with E-state index in [-0.39, 0.29) is 5.56 Å². The smallest absolute Gasteiger partial charge is 0.335 e. The number of halogens is 2. The van der Waals surface area contributed by atoms with E-state index in [1.165, 1.54) is 12.1 Å². The number of hydrogen-bond donors (Lipinski definition) is 1. The van der Waals surface area contributed by atoms with Crippen LogP contribution in [-0.4, -0.2) is 23.5 Å². The molecule has 3 aromatic carbocycles. The fourth-order valence-corrected chi connectivity index (χ4v) is 2.52. The molecule has 134 valence electrons. The highest BCUT2D eigenvalue weighted by Crippen LogP contribution is 2.24. The Morgan fingerprint density at radius 2 is 1.15 bits per heavy atom. The third-order valence-electron chi connectivity index (χ3n) is 3.61. The summed E-state index contributed by atoms with van der Waals surface area (Å²) in [6, 6.07) is 19.1. The van der Waals surface area contributed by atoms with E-state index in [9.17, 15) is 9.90 Å².